The maximum atomic E-state index is 11.3. The van der Waals surface area contributed by atoms with Crippen molar-refractivity contribution in [2.24, 2.45) is 0 Å². The molecule has 1 atom stereocenters. The minimum absolute atomic E-state index is 0.212. The number of hydrogen-bond acceptors (Lipinski definition) is 4. The number of carbonyl (C=O) groups is 2. The third-order valence-corrected chi connectivity index (χ3v) is 2.54. The van der Waals surface area contributed by atoms with Crippen molar-refractivity contribution in [3.63, 3.8) is 0 Å². The molecule has 0 aromatic heterocycles. The van der Waals surface area contributed by atoms with Gasteiger partial charge in [0, 0.05) is 13.0 Å². The first-order chi connectivity index (χ1) is 9.09. The molecule has 0 spiro atoms. The number of carboxylic acid groups (broad SMARTS) is 1. The van der Waals surface area contributed by atoms with Crippen LogP contribution in [0.5, 0.6) is 0 Å². The van der Waals surface area contributed by atoms with E-state index in [4.69, 9.17) is 4.74 Å². The summed E-state index contributed by atoms with van der Waals surface area (Å²) in [5.41, 5.74) is 4.33. The predicted molar refractivity (Wildman–Crippen MR) is 65.5 cm³/mol. The summed E-state index contributed by atoms with van der Waals surface area (Å²) in [5, 5.41) is 12.9. The number of benzene rings is 1. The van der Waals surface area contributed by atoms with E-state index in [1.807, 2.05) is 30.3 Å². The van der Waals surface area contributed by atoms with Gasteiger partial charge in [-0.2, -0.15) is 0 Å². The van der Waals surface area contributed by atoms with E-state index >= 15 is 0 Å². The van der Waals surface area contributed by atoms with Crippen LogP contribution >= 0.6 is 0 Å². The molecule has 0 heterocycles. The second-order valence-electron chi connectivity index (χ2n) is 4.15. The zero-order valence-corrected chi connectivity index (χ0v) is 10.6. The van der Waals surface area contributed by atoms with E-state index in [1.165, 1.54) is 0 Å². The van der Waals surface area contributed by atoms with Crippen LogP contribution < -0.4 is 16.2 Å². The average Bonchev–Trinajstić information content (AvgIpc) is 2.42. The number of rotatable bonds is 7. The first-order valence-corrected chi connectivity index (χ1v) is 6.08. The number of quaternary nitrogens is 1. The second-order valence-corrected chi connectivity index (χ2v) is 4.15. The normalized spacial score (nSPS) is 11.6. The molecule has 0 radical (unpaired) electrons. The zero-order chi connectivity index (χ0) is 14.1. The molecule has 0 saturated heterocycles. The number of nitrogens with one attached hydrogen (secondary N) is 1. The molecule has 19 heavy (non-hydrogen) atoms. The van der Waals surface area contributed by atoms with E-state index in [9.17, 15) is 14.7 Å². The molecular weight excluding hydrogens is 248 g/mol. The quantitative estimate of drug-likeness (QED) is 0.621. The smallest absolute Gasteiger partial charge is 0.407 e. The molecule has 4 N–H and O–H groups in total. The largest absolute Gasteiger partial charge is 0.544 e. The zero-order valence-electron chi connectivity index (χ0n) is 10.6. The molecule has 6 heteroatoms. The number of hydrogen-bond donors (Lipinski definition) is 2. The summed E-state index contributed by atoms with van der Waals surface area (Å²) in [6.07, 6.45) is 0.363. The highest BCUT2D eigenvalue weighted by Gasteiger charge is 2.07. The molecule has 1 aromatic carbocycles. The topological polar surface area (TPSA) is 106 Å². The minimum atomic E-state index is -1.17. The fourth-order valence-electron chi connectivity index (χ4n) is 1.43. The molecule has 1 rings (SSSR count). The maximum Gasteiger partial charge on any atom is 0.407 e. The maximum absolute atomic E-state index is 11.3. The van der Waals surface area contributed by atoms with Crippen molar-refractivity contribution in [2.75, 3.05) is 6.54 Å². The summed E-state index contributed by atoms with van der Waals surface area (Å²) < 4.78 is 4.99. The van der Waals surface area contributed by atoms with Crippen molar-refractivity contribution in [2.45, 2.75) is 25.5 Å². The van der Waals surface area contributed by atoms with Crippen LogP contribution in [-0.4, -0.2) is 24.6 Å². The lowest BCUT2D eigenvalue weighted by molar-refractivity contribution is -0.438. The summed E-state index contributed by atoms with van der Waals surface area (Å²) in [6.45, 7) is 0.566. The summed E-state index contributed by atoms with van der Waals surface area (Å²) in [7, 11) is 0. The highest BCUT2D eigenvalue weighted by molar-refractivity contribution is 5.69. The van der Waals surface area contributed by atoms with Gasteiger partial charge in [-0.3, -0.25) is 0 Å². The molecule has 6 nitrogen and oxygen atoms in total. The van der Waals surface area contributed by atoms with Crippen molar-refractivity contribution >= 4 is 12.1 Å². The van der Waals surface area contributed by atoms with E-state index in [0.29, 0.717) is 19.4 Å². The highest BCUT2D eigenvalue weighted by atomic mass is 16.5. The summed E-state index contributed by atoms with van der Waals surface area (Å²) in [5.74, 6) is -1.17. The lowest BCUT2D eigenvalue weighted by Crippen LogP contribution is -2.68. The number of alkyl carbamates (subject to hydrolysis) is 1. The van der Waals surface area contributed by atoms with Crippen LogP contribution in [0.25, 0.3) is 0 Å². The summed E-state index contributed by atoms with van der Waals surface area (Å²) in [4.78, 5) is 21.7. The van der Waals surface area contributed by atoms with Gasteiger partial charge in [0.1, 0.15) is 12.6 Å². The molecule has 0 fully saturated rings. The van der Waals surface area contributed by atoms with Crippen LogP contribution in [-0.2, 0) is 16.1 Å². The van der Waals surface area contributed by atoms with Gasteiger partial charge in [-0.15, -0.1) is 0 Å². The van der Waals surface area contributed by atoms with Crippen molar-refractivity contribution in [3.8, 4) is 0 Å². The van der Waals surface area contributed by atoms with E-state index in [0.717, 1.165) is 5.56 Å². The Morgan fingerprint density at radius 2 is 2.00 bits per heavy atom. The highest BCUT2D eigenvalue weighted by Crippen LogP contribution is 2.00. The monoisotopic (exact) mass is 266 g/mol. The standard InChI is InChI=1S/C13H18N2O4/c14-11(12(16)17)7-4-8-15-13(18)19-9-10-5-2-1-3-6-10/h1-3,5-6,11H,4,7-9,14H2,(H,15,18)(H,16,17)/t11-/m1/s1. The van der Waals surface area contributed by atoms with Gasteiger partial charge in [-0.25, -0.2) is 4.79 Å². The fourth-order valence-corrected chi connectivity index (χ4v) is 1.43. The molecule has 0 saturated carbocycles. The van der Waals surface area contributed by atoms with Crippen molar-refractivity contribution < 1.29 is 25.2 Å². The number of aliphatic carboxylic acids is 1. The van der Waals surface area contributed by atoms with Gasteiger partial charge in [0.05, 0.1) is 5.97 Å². The molecule has 0 aliphatic carbocycles. The van der Waals surface area contributed by atoms with Crippen LogP contribution in [0.3, 0.4) is 0 Å². The van der Waals surface area contributed by atoms with Crippen molar-refractivity contribution in [1.82, 2.24) is 5.32 Å². The molecule has 104 valence electrons. The van der Waals surface area contributed by atoms with Gasteiger partial charge in [0.15, 0.2) is 0 Å². The third kappa shape index (κ3) is 6.42. The third-order valence-electron chi connectivity index (χ3n) is 2.54. The number of carbonyl (C=O) groups excluding carboxylic acids is 2. The van der Waals surface area contributed by atoms with Crippen LogP contribution in [0.1, 0.15) is 18.4 Å². The molecule has 1 amide bonds. The average molecular weight is 266 g/mol. The Hall–Kier alpha value is -2.08. The Bertz CT molecular complexity index is 408. The number of ether oxygens (including phenoxy) is 1. The Labute approximate surface area is 111 Å². The first kappa shape index (κ1) is 15.0. The van der Waals surface area contributed by atoms with Crippen molar-refractivity contribution in [1.29, 1.82) is 0 Å². The second kappa shape index (κ2) is 8.10. The first-order valence-electron chi connectivity index (χ1n) is 6.08. The Balaban J connectivity index is 2.10. The molecule has 0 bridgehead atoms. The molecule has 0 aliphatic heterocycles. The van der Waals surface area contributed by atoms with Gasteiger partial charge in [0.25, 0.3) is 0 Å². The van der Waals surface area contributed by atoms with Crippen LogP contribution in [0.2, 0.25) is 0 Å². The van der Waals surface area contributed by atoms with E-state index in [1.54, 1.807) is 0 Å². The Kier molecular flexibility index (Phi) is 6.38. The van der Waals surface area contributed by atoms with Gasteiger partial charge < -0.3 is 25.7 Å². The van der Waals surface area contributed by atoms with E-state index < -0.39 is 18.1 Å². The SMILES string of the molecule is [NH3+][C@H](CCCNC(=O)OCc1ccccc1)C(=O)[O-]. The number of carboxylic acids is 1. The van der Waals surface area contributed by atoms with E-state index in [-0.39, 0.29) is 6.61 Å². The van der Waals surface area contributed by atoms with Crippen LogP contribution in [0.4, 0.5) is 4.79 Å². The number of amides is 1. The minimum Gasteiger partial charge on any atom is -0.544 e. The van der Waals surface area contributed by atoms with Gasteiger partial charge >= 0.3 is 6.09 Å². The van der Waals surface area contributed by atoms with E-state index in [2.05, 4.69) is 11.1 Å². The van der Waals surface area contributed by atoms with Gasteiger partial charge in [-0.05, 0) is 12.0 Å². The van der Waals surface area contributed by atoms with Crippen molar-refractivity contribution in [3.05, 3.63) is 35.9 Å². The van der Waals surface area contributed by atoms with Crippen LogP contribution in [0, 0.1) is 0 Å². The predicted octanol–water partition coefficient (Wildman–Crippen LogP) is -0.947. The summed E-state index contributed by atoms with van der Waals surface area (Å²) >= 11 is 0. The lowest BCUT2D eigenvalue weighted by atomic mass is 10.2. The fraction of sp³-hybridized carbons (Fsp3) is 0.385. The molecular formula is C13H18N2O4. The summed E-state index contributed by atoms with van der Waals surface area (Å²) in [6, 6.07) is 8.59. The lowest BCUT2D eigenvalue weighted by Gasteiger charge is -2.10. The molecule has 0 unspecified atom stereocenters. The Morgan fingerprint density at radius 1 is 1.32 bits per heavy atom. The van der Waals surface area contributed by atoms with Gasteiger partial charge in [-0.1, -0.05) is 30.3 Å². The Morgan fingerprint density at radius 3 is 2.63 bits per heavy atom. The molecule has 1 aromatic rings. The molecule has 0 aliphatic rings. The van der Waals surface area contributed by atoms with Gasteiger partial charge in [0.2, 0.25) is 0 Å². The van der Waals surface area contributed by atoms with Crippen LogP contribution in [0.15, 0.2) is 30.3 Å².